The number of nitrogens with one attached hydrogen (secondary N) is 1. The number of benzene rings is 3. The van der Waals surface area contributed by atoms with Crippen LogP contribution in [0.15, 0.2) is 72.3 Å². The predicted molar refractivity (Wildman–Crippen MR) is 156 cm³/mol. The normalized spacial score (nSPS) is 11.3. The Labute approximate surface area is 260 Å². The van der Waals surface area contributed by atoms with E-state index in [1.807, 2.05) is 7.05 Å². The molecular weight excluding hydrogens is 629 g/mol. The van der Waals surface area contributed by atoms with E-state index in [1.165, 1.54) is 11.1 Å². The van der Waals surface area contributed by atoms with Gasteiger partial charge in [-0.05, 0) is 81.3 Å². The van der Waals surface area contributed by atoms with Crippen LogP contribution in [0.3, 0.4) is 0 Å². The number of rotatable bonds is 8. The second kappa shape index (κ2) is 19.0. The topological polar surface area (TPSA) is 75.4 Å². The fraction of sp³-hybridized carbons (Fsp3) is 0.250. The minimum atomic E-state index is -5.22. The molecule has 0 aliphatic rings. The van der Waals surface area contributed by atoms with E-state index in [0.29, 0.717) is 29.8 Å². The number of amides is 1. The summed E-state index contributed by atoms with van der Waals surface area (Å²) in [7, 11) is 1.96. The number of Topliss-reactive ketones (excluding diaryl/α,β-unsaturated/α-hetero) is 1. The smallest absolute Gasteiger partial charge is 0.366 e. The van der Waals surface area contributed by atoms with E-state index in [0.717, 1.165) is 12.6 Å². The van der Waals surface area contributed by atoms with E-state index in [1.54, 1.807) is 19.9 Å². The number of carbonyl (C=O) groups is 2. The second-order valence-corrected chi connectivity index (χ2v) is 9.29. The quantitative estimate of drug-likeness (QED) is 0.0645. The SMILES string of the molecule is C#C.C/C=C(\C)C(N)=O.CNCc1ccc(C)cc1.O=C(c1cc(F)cc(Cc2ccc(F)c(C(F)(F)F)c2)c1)C(F)(F)N(F)F. The van der Waals surface area contributed by atoms with E-state index in [2.05, 4.69) is 49.4 Å². The van der Waals surface area contributed by atoms with Crippen LogP contribution in [0.1, 0.15) is 52.0 Å². The average molecular weight is 662 g/mol. The summed E-state index contributed by atoms with van der Waals surface area (Å²) in [6.07, 6.45) is 4.18. The van der Waals surface area contributed by atoms with Gasteiger partial charge in [0.05, 0.1) is 10.9 Å². The van der Waals surface area contributed by atoms with Crippen molar-refractivity contribution in [2.24, 2.45) is 5.73 Å². The fourth-order valence-corrected chi connectivity index (χ4v) is 3.32. The lowest BCUT2D eigenvalue weighted by Crippen LogP contribution is -2.38. The Bertz CT molecular complexity index is 1480. The maximum Gasteiger partial charge on any atom is 0.420 e. The monoisotopic (exact) mass is 661 g/mol. The average Bonchev–Trinajstić information content (AvgIpc) is 2.99. The first-order chi connectivity index (χ1) is 21.3. The van der Waals surface area contributed by atoms with Crippen LogP contribution in [-0.4, -0.2) is 30.1 Å². The first kappa shape index (κ1) is 41.4. The number of aryl methyl sites for hydroxylation is 1. The molecule has 250 valence electrons. The van der Waals surface area contributed by atoms with Gasteiger partial charge in [-0.1, -0.05) is 50.9 Å². The van der Waals surface area contributed by atoms with Gasteiger partial charge in [-0.3, -0.25) is 9.59 Å². The molecule has 0 aliphatic carbocycles. The summed E-state index contributed by atoms with van der Waals surface area (Å²) < 4.78 is 115. The number of terminal acetylenes is 1. The lowest BCUT2D eigenvalue weighted by molar-refractivity contribution is -0.304. The highest BCUT2D eigenvalue weighted by atomic mass is 19.4. The summed E-state index contributed by atoms with van der Waals surface area (Å²) in [4.78, 5) is 21.5. The van der Waals surface area contributed by atoms with Gasteiger partial charge >= 0.3 is 12.2 Å². The van der Waals surface area contributed by atoms with Gasteiger partial charge in [-0.15, -0.1) is 12.8 Å². The molecule has 0 fully saturated rings. The Kier molecular flexibility index (Phi) is 17.1. The molecule has 0 aromatic heterocycles. The summed E-state index contributed by atoms with van der Waals surface area (Å²) >= 11 is 0. The molecule has 3 rings (SSSR count). The van der Waals surface area contributed by atoms with Crippen molar-refractivity contribution in [1.29, 1.82) is 0 Å². The number of halogens is 9. The van der Waals surface area contributed by atoms with Crippen molar-refractivity contribution in [1.82, 2.24) is 10.7 Å². The van der Waals surface area contributed by atoms with E-state index >= 15 is 0 Å². The third-order valence-electron chi connectivity index (χ3n) is 5.77. The number of hydrogen-bond acceptors (Lipinski definition) is 4. The maximum absolute atomic E-state index is 13.6. The van der Waals surface area contributed by atoms with Crippen molar-refractivity contribution in [2.75, 3.05) is 7.05 Å². The molecule has 5 nitrogen and oxygen atoms in total. The van der Waals surface area contributed by atoms with Crippen molar-refractivity contribution in [3.05, 3.63) is 117 Å². The summed E-state index contributed by atoms with van der Waals surface area (Å²) in [5.41, 5.74) is 4.99. The van der Waals surface area contributed by atoms with Crippen LogP contribution in [0.25, 0.3) is 0 Å². The Morgan fingerprint density at radius 2 is 1.43 bits per heavy atom. The zero-order valence-electron chi connectivity index (χ0n) is 25.2. The number of ketones is 1. The van der Waals surface area contributed by atoms with Crippen LogP contribution in [-0.2, 0) is 23.9 Å². The van der Waals surface area contributed by atoms with E-state index < -0.39 is 52.5 Å². The van der Waals surface area contributed by atoms with Crippen LogP contribution >= 0.6 is 0 Å². The van der Waals surface area contributed by atoms with E-state index in [9.17, 15) is 49.3 Å². The van der Waals surface area contributed by atoms with Gasteiger partial charge in [0.1, 0.15) is 11.6 Å². The molecule has 3 aromatic carbocycles. The van der Waals surface area contributed by atoms with Gasteiger partial charge in [0.15, 0.2) is 0 Å². The number of nitrogens with two attached hydrogens (primary N) is 1. The first-order valence-corrected chi connectivity index (χ1v) is 13.0. The molecule has 0 unspecified atom stereocenters. The Hall–Kier alpha value is -4.61. The summed E-state index contributed by atoms with van der Waals surface area (Å²) in [5.74, 6) is -5.54. The number of hydrogen-bond donors (Lipinski definition) is 2. The molecule has 1 amide bonds. The van der Waals surface area contributed by atoms with Crippen LogP contribution in [0.4, 0.5) is 39.7 Å². The number of carbonyl (C=O) groups excluding carboxylic acids is 2. The van der Waals surface area contributed by atoms with Gasteiger partial charge in [0.25, 0.3) is 5.78 Å². The molecule has 3 aromatic rings. The number of primary amides is 1. The number of nitrogens with zero attached hydrogens (tertiary/aromatic N) is 1. The van der Waals surface area contributed by atoms with Crippen molar-refractivity contribution in [3.63, 3.8) is 0 Å². The zero-order valence-corrected chi connectivity index (χ0v) is 25.2. The summed E-state index contributed by atoms with van der Waals surface area (Å²) in [6.45, 7) is 6.52. The molecule has 46 heavy (non-hydrogen) atoms. The largest absolute Gasteiger partial charge is 0.420 e. The Morgan fingerprint density at radius 3 is 1.87 bits per heavy atom. The highest BCUT2D eigenvalue weighted by Crippen LogP contribution is 2.33. The first-order valence-electron chi connectivity index (χ1n) is 13.0. The second-order valence-electron chi connectivity index (χ2n) is 9.29. The molecule has 3 N–H and O–H groups in total. The zero-order chi connectivity index (χ0) is 35.8. The molecule has 14 heteroatoms. The molecular formula is C32H32F9N3O2. The van der Waals surface area contributed by atoms with Crippen molar-refractivity contribution in [2.45, 2.75) is 46.0 Å². The molecule has 0 aliphatic heterocycles. The predicted octanol–water partition coefficient (Wildman–Crippen LogP) is 7.82. The molecule has 0 saturated carbocycles. The van der Waals surface area contributed by atoms with Gasteiger partial charge in [-0.2, -0.15) is 22.0 Å². The van der Waals surface area contributed by atoms with E-state index in [4.69, 9.17) is 5.73 Å². The van der Waals surface area contributed by atoms with Crippen LogP contribution < -0.4 is 11.1 Å². The lowest BCUT2D eigenvalue weighted by atomic mass is 9.99. The Morgan fingerprint density at radius 1 is 0.891 bits per heavy atom. The summed E-state index contributed by atoms with van der Waals surface area (Å²) in [6, 6.07) is 6.86. The minimum absolute atomic E-state index is 0.169. The molecule has 0 radical (unpaired) electrons. The minimum Gasteiger partial charge on any atom is -0.366 e. The van der Waals surface area contributed by atoms with Crippen molar-refractivity contribution < 1.29 is 49.3 Å². The lowest BCUT2D eigenvalue weighted by Gasteiger charge is -2.15. The van der Waals surface area contributed by atoms with E-state index in [-0.39, 0.29) is 23.1 Å². The third kappa shape index (κ3) is 13.6. The molecule has 0 saturated heterocycles. The number of alkyl halides is 5. The molecule has 0 heterocycles. The molecule has 0 bridgehead atoms. The van der Waals surface area contributed by atoms with Crippen molar-refractivity contribution in [3.8, 4) is 12.8 Å². The van der Waals surface area contributed by atoms with Gasteiger partial charge in [0, 0.05) is 17.7 Å². The van der Waals surface area contributed by atoms with Crippen LogP contribution in [0, 0.1) is 31.4 Å². The Balaban J connectivity index is 0.000000868. The summed E-state index contributed by atoms with van der Waals surface area (Å²) in [5, 5.41) is 0.460. The molecule has 0 atom stereocenters. The molecule has 0 spiro atoms. The fourth-order valence-electron chi connectivity index (χ4n) is 3.32. The third-order valence-corrected chi connectivity index (χ3v) is 5.77. The maximum atomic E-state index is 13.6. The highest BCUT2D eigenvalue weighted by molar-refractivity contribution is 6.01. The van der Waals surface area contributed by atoms with Gasteiger partial charge in [0.2, 0.25) is 5.91 Å². The van der Waals surface area contributed by atoms with Gasteiger partial charge < -0.3 is 11.1 Å². The highest BCUT2D eigenvalue weighted by Gasteiger charge is 2.48. The van der Waals surface area contributed by atoms with Crippen LogP contribution in [0.2, 0.25) is 0 Å². The number of allylic oxidation sites excluding steroid dienone is 1. The van der Waals surface area contributed by atoms with Crippen molar-refractivity contribution >= 4 is 11.7 Å². The standard InChI is InChI=1S/C16H8F9NO.C9H13N.C5H9NO.C2H2/c17-11-5-9(4-10(7-11)14(27)16(22,23)26(24)25)3-8-1-2-13(18)12(6-8)15(19,20)21;1-8-3-5-9(6-4-8)7-10-2;1-3-4(2)5(6)7;1-2/h1-2,4-7H,3H2;3-6,10H,7H2,1-2H3;3H,1-2H3,(H2,6,7);1-2H/b;;4-3+;. The van der Waals surface area contributed by atoms with Crippen LogP contribution in [0.5, 0.6) is 0 Å². The van der Waals surface area contributed by atoms with Gasteiger partial charge in [-0.25, -0.2) is 8.78 Å².